The van der Waals surface area contributed by atoms with Gasteiger partial charge < -0.3 is 0 Å². The first-order chi connectivity index (χ1) is 20.4. The summed E-state index contributed by atoms with van der Waals surface area (Å²) in [6.45, 7) is 6.32. The van der Waals surface area contributed by atoms with Crippen LogP contribution in [0.15, 0.2) is 106 Å². The van der Waals surface area contributed by atoms with Crippen molar-refractivity contribution in [1.82, 2.24) is 19.2 Å². The molecule has 8 heteroatoms. The molecule has 3 heterocycles. The van der Waals surface area contributed by atoms with Gasteiger partial charge in [-0.15, -0.1) is 0 Å². The Morgan fingerprint density at radius 3 is 2.31 bits per heavy atom. The van der Waals surface area contributed by atoms with E-state index in [1.54, 1.807) is 15.6 Å². The molecule has 1 aliphatic rings. The number of aryl methyl sites for hydroxylation is 3. The van der Waals surface area contributed by atoms with Crippen molar-refractivity contribution >= 4 is 45.5 Å². The van der Waals surface area contributed by atoms with Crippen molar-refractivity contribution in [3.63, 3.8) is 0 Å². The number of benzene rings is 3. The molecular weight excluding hydrogens is 542 g/mol. The monoisotopic (exact) mass is 573 g/mol. The molecule has 2 aromatic heterocycles. The van der Waals surface area contributed by atoms with Crippen molar-refractivity contribution < 1.29 is 4.79 Å². The van der Waals surface area contributed by atoms with Gasteiger partial charge in [0.2, 0.25) is 0 Å². The lowest BCUT2D eigenvalue weighted by atomic mass is 10.1. The predicted molar refractivity (Wildman–Crippen MR) is 171 cm³/mol. The largest absolute Gasteiger partial charge is 0.286 e. The Morgan fingerprint density at radius 2 is 1.55 bits per heavy atom. The normalized spacial score (nSPS) is 15.4. The number of aliphatic imine (C=N–C) groups is 1. The second-order valence-electron chi connectivity index (χ2n) is 10.3. The number of para-hydroxylation sites is 2. The number of amides is 1. The second kappa shape index (κ2) is 11.7. The molecule has 0 atom stereocenters. The maximum Gasteiger partial charge on any atom is 0.280 e. The molecule has 3 aromatic carbocycles. The molecule has 210 valence electrons. The van der Waals surface area contributed by atoms with Gasteiger partial charge in [0.25, 0.3) is 11.5 Å². The van der Waals surface area contributed by atoms with Crippen LogP contribution in [0.3, 0.4) is 0 Å². The SMILES string of the molecule is Cc1cc(C=C2SC(=Nc3ccccc3)N(CCCc3ccccc3)C2=O)c(C)n1-n1c(C)nc2ccccc2c1=O. The van der Waals surface area contributed by atoms with Gasteiger partial charge in [-0.1, -0.05) is 60.7 Å². The van der Waals surface area contributed by atoms with Gasteiger partial charge in [-0.25, -0.2) is 9.98 Å². The van der Waals surface area contributed by atoms with E-state index in [1.165, 1.54) is 17.3 Å². The number of aromatic nitrogens is 3. The van der Waals surface area contributed by atoms with Crippen LogP contribution in [0.2, 0.25) is 0 Å². The van der Waals surface area contributed by atoms with Crippen LogP contribution in [0.5, 0.6) is 0 Å². The first-order valence-corrected chi connectivity index (χ1v) is 14.8. The zero-order valence-corrected chi connectivity index (χ0v) is 24.6. The molecule has 6 rings (SSSR count). The summed E-state index contributed by atoms with van der Waals surface area (Å²) in [5.74, 6) is 0.529. The predicted octanol–water partition coefficient (Wildman–Crippen LogP) is 6.67. The first-order valence-electron chi connectivity index (χ1n) is 14.0. The number of rotatable bonds is 7. The molecule has 0 unspecified atom stereocenters. The molecule has 1 aliphatic heterocycles. The lowest BCUT2D eigenvalue weighted by molar-refractivity contribution is -0.122. The van der Waals surface area contributed by atoms with Gasteiger partial charge in [0.15, 0.2) is 5.17 Å². The van der Waals surface area contributed by atoms with Gasteiger partial charge in [-0.2, -0.15) is 4.68 Å². The van der Waals surface area contributed by atoms with Crippen molar-refractivity contribution in [3.05, 3.63) is 135 Å². The number of hydrogen-bond acceptors (Lipinski definition) is 5. The molecule has 42 heavy (non-hydrogen) atoms. The molecule has 1 fully saturated rings. The molecule has 1 saturated heterocycles. The highest BCUT2D eigenvalue weighted by Gasteiger charge is 2.33. The Morgan fingerprint density at radius 1 is 0.857 bits per heavy atom. The average molecular weight is 574 g/mol. The van der Waals surface area contributed by atoms with Gasteiger partial charge in [0.1, 0.15) is 5.82 Å². The fourth-order valence-corrected chi connectivity index (χ4v) is 6.35. The summed E-state index contributed by atoms with van der Waals surface area (Å²) in [7, 11) is 0. The molecule has 0 spiro atoms. The summed E-state index contributed by atoms with van der Waals surface area (Å²) in [4.78, 5) is 39.2. The minimum Gasteiger partial charge on any atom is -0.286 e. The fraction of sp³-hybridized carbons (Fsp3) is 0.176. The molecular formula is C34H31N5O2S. The van der Waals surface area contributed by atoms with Crippen LogP contribution in [0, 0.1) is 20.8 Å². The van der Waals surface area contributed by atoms with E-state index in [9.17, 15) is 9.59 Å². The zero-order chi connectivity index (χ0) is 29.2. The molecule has 5 aromatic rings. The zero-order valence-electron chi connectivity index (χ0n) is 23.8. The highest BCUT2D eigenvalue weighted by Crippen LogP contribution is 2.35. The standard InChI is InChI=1S/C34H31N5O2S/c1-23-21-27(24(2)38(23)39-25(3)35-30-19-11-10-18-29(30)32(39)40)22-31-33(41)37(20-12-15-26-13-6-4-7-14-26)34(42-31)36-28-16-8-5-9-17-28/h4-11,13-14,16-19,21-22H,12,15,20H2,1-3H3. The Labute approximate surface area is 248 Å². The van der Waals surface area contributed by atoms with E-state index in [-0.39, 0.29) is 11.5 Å². The minimum atomic E-state index is -0.132. The molecule has 7 nitrogen and oxygen atoms in total. The van der Waals surface area contributed by atoms with Crippen molar-refractivity contribution in [1.29, 1.82) is 0 Å². The van der Waals surface area contributed by atoms with E-state index in [4.69, 9.17) is 4.99 Å². The topological polar surface area (TPSA) is 72.5 Å². The van der Waals surface area contributed by atoms with Crippen LogP contribution in [0.25, 0.3) is 17.0 Å². The molecule has 0 saturated carbocycles. The smallest absolute Gasteiger partial charge is 0.280 e. The van der Waals surface area contributed by atoms with E-state index in [2.05, 4.69) is 17.1 Å². The van der Waals surface area contributed by atoms with Crippen molar-refractivity contribution in [2.24, 2.45) is 4.99 Å². The van der Waals surface area contributed by atoms with Crippen molar-refractivity contribution in [2.45, 2.75) is 33.6 Å². The Kier molecular flexibility index (Phi) is 7.63. The summed E-state index contributed by atoms with van der Waals surface area (Å²) >= 11 is 1.39. The van der Waals surface area contributed by atoms with E-state index >= 15 is 0 Å². The van der Waals surface area contributed by atoms with E-state index in [0.717, 1.165) is 35.5 Å². The van der Waals surface area contributed by atoms with Gasteiger partial charge in [-0.05, 0) is 92.9 Å². The summed E-state index contributed by atoms with van der Waals surface area (Å²) in [5.41, 5.74) is 5.18. The van der Waals surface area contributed by atoms with Gasteiger partial charge in [0, 0.05) is 17.9 Å². The minimum absolute atomic E-state index is 0.0618. The van der Waals surface area contributed by atoms with E-state index < -0.39 is 0 Å². The quantitative estimate of drug-likeness (QED) is 0.204. The summed E-state index contributed by atoms with van der Waals surface area (Å²) in [6.07, 6.45) is 3.61. The molecule has 0 aliphatic carbocycles. The van der Waals surface area contributed by atoms with Crippen LogP contribution < -0.4 is 5.56 Å². The molecule has 1 amide bonds. The third-order valence-corrected chi connectivity index (χ3v) is 8.40. The second-order valence-corrected chi connectivity index (χ2v) is 11.3. The maximum atomic E-state index is 13.8. The maximum absolute atomic E-state index is 13.8. The molecule has 0 N–H and O–H groups in total. The number of carbonyl (C=O) groups is 1. The highest BCUT2D eigenvalue weighted by molar-refractivity contribution is 8.18. The van der Waals surface area contributed by atoms with E-state index in [0.29, 0.717) is 33.3 Å². The third-order valence-electron chi connectivity index (χ3n) is 7.40. The van der Waals surface area contributed by atoms with Crippen LogP contribution in [-0.2, 0) is 11.2 Å². The fourth-order valence-electron chi connectivity index (χ4n) is 5.33. The van der Waals surface area contributed by atoms with Crippen LogP contribution >= 0.6 is 11.8 Å². The summed E-state index contributed by atoms with van der Waals surface area (Å²) in [6, 6.07) is 29.4. The van der Waals surface area contributed by atoms with Crippen molar-refractivity contribution in [2.75, 3.05) is 6.54 Å². The van der Waals surface area contributed by atoms with Gasteiger partial charge >= 0.3 is 0 Å². The van der Waals surface area contributed by atoms with E-state index in [1.807, 2.05) is 104 Å². The number of fused-ring (bicyclic) bond motifs is 1. The number of amidine groups is 1. The van der Waals surface area contributed by atoms with Gasteiger partial charge in [-0.3, -0.25) is 19.2 Å². The summed E-state index contributed by atoms with van der Waals surface area (Å²) < 4.78 is 3.49. The van der Waals surface area contributed by atoms with Crippen molar-refractivity contribution in [3.8, 4) is 0 Å². The lowest BCUT2D eigenvalue weighted by Crippen LogP contribution is -2.31. The van der Waals surface area contributed by atoms with Crippen LogP contribution in [0.4, 0.5) is 5.69 Å². The van der Waals surface area contributed by atoms with Gasteiger partial charge in [0.05, 0.1) is 21.5 Å². The van der Waals surface area contributed by atoms with Crippen LogP contribution in [0.1, 0.15) is 34.8 Å². The van der Waals surface area contributed by atoms with Crippen LogP contribution in [-0.4, -0.2) is 36.9 Å². The first kappa shape index (κ1) is 27.5. The average Bonchev–Trinajstić information content (AvgIpc) is 3.43. The molecule has 0 bridgehead atoms. The molecule has 0 radical (unpaired) electrons. The number of thioether (sulfide) groups is 1. The number of nitrogens with zero attached hydrogens (tertiary/aromatic N) is 5. The summed E-state index contributed by atoms with van der Waals surface area (Å²) in [5, 5.41) is 1.23. The Balaban J connectivity index is 1.35. The lowest BCUT2D eigenvalue weighted by Gasteiger charge is -2.16. The number of carbonyl (C=O) groups excluding carboxylic acids is 1. The highest BCUT2D eigenvalue weighted by atomic mass is 32.2. The third kappa shape index (κ3) is 5.33. The Bertz CT molecular complexity index is 1910. The number of hydrogen-bond donors (Lipinski definition) is 0. The Hall–Kier alpha value is -4.69.